The van der Waals surface area contributed by atoms with Gasteiger partial charge in [-0.1, -0.05) is 41.9 Å². The van der Waals surface area contributed by atoms with Gasteiger partial charge in [0.05, 0.1) is 5.69 Å². The van der Waals surface area contributed by atoms with Gasteiger partial charge in [0.15, 0.2) is 5.78 Å². The van der Waals surface area contributed by atoms with Crippen LogP contribution in [-0.2, 0) is 0 Å². The number of hydrogen-bond acceptors (Lipinski definition) is 3. The monoisotopic (exact) mass is 283 g/mol. The largest absolute Gasteiger partial charge is 0.289 e. The molecule has 0 N–H and O–H groups in total. The summed E-state index contributed by atoms with van der Waals surface area (Å²) < 4.78 is 1.67. The Bertz CT molecular complexity index is 739. The molecule has 0 bridgehead atoms. The lowest BCUT2D eigenvalue weighted by molar-refractivity contribution is 0.103. The SMILES string of the molecule is O=C(c1ccccc1)c1ccc(Cl)cc1-n1cnnc1. The maximum Gasteiger partial charge on any atom is 0.195 e. The minimum atomic E-state index is -0.0639. The van der Waals surface area contributed by atoms with Crippen molar-refractivity contribution in [2.24, 2.45) is 0 Å². The van der Waals surface area contributed by atoms with Crippen molar-refractivity contribution in [1.29, 1.82) is 0 Å². The van der Waals surface area contributed by atoms with Crippen LogP contribution in [0.4, 0.5) is 0 Å². The first-order chi connectivity index (χ1) is 9.75. The number of ketones is 1. The second-order valence-corrected chi connectivity index (χ2v) is 4.66. The zero-order valence-electron chi connectivity index (χ0n) is 10.4. The second-order valence-electron chi connectivity index (χ2n) is 4.23. The number of carbonyl (C=O) groups is 1. The molecule has 3 aromatic rings. The van der Waals surface area contributed by atoms with Gasteiger partial charge < -0.3 is 0 Å². The third-order valence-corrected chi connectivity index (χ3v) is 3.17. The van der Waals surface area contributed by atoms with Crippen molar-refractivity contribution >= 4 is 17.4 Å². The minimum Gasteiger partial charge on any atom is -0.289 e. The third kappa shape index (κ3) is 2.33. The lowest BCUT2D eigenvalue weighted by Crippen LogP contribution is -2.06. The van der Waals surface area contributed by atoms with Crippen LogP contribution >= 0.6 is 11.6 Å². The molecule has 0 saturated heterocycles. The molecule has 0 aliphatic rings. The van der Waals surface area contributed by atoms with Crippen LogP contribution in [0.1, 0.15) is 15.9 Å². The number of carbonyl (C=O) groups excluding carboxylic acids is 1. The molecule has 0 fully saturated rings. The molecule has 0 spiro atoms. The van der Waals surface area contributed by atoms with E-state index in [4.69, 9.17) is 11.6 Å². The highest BCUT2D eigenvalue weighted by Gasteiger charge is 2.15. The molecule has 0 amide bonds. The summed E-state index contributed by atoms with van der Waals surface area (Å²) in [5.74, 6) is -0.0639. The van der Waals surface area contributed by atoms with Crippen LogP contribution in [0.15, 0.2) is 61.2 Å². The number of hydrogen-bond donors (Lipinski definition) is 0. The molecule has 5 heteroatoms. The van der Waals surface area contributed by atoms with E-state index in [-0.39, 0.29) is 5.78 Å². The molecule has 0 saturated carbocycles. The highest BCUT2D eigenvalue weighted by molar-refractivity contribution is 6.31. The van der Waals surface area contributed by atoms with Crippen molar-refractivity contribution < 1.29 is 4.79 Å². The van der Waals surface area contributed by atoms with E-state index in [0.29, 0.717) is 21.8 Å². The Morgan fingerprint density at radius 1 is 1.00 bits per heavy atom. The summed E-state index contributed by atoms with van der Waals surface area (Å²) >= 11 is 6.02. The van der Waals surface area contributed by atoms with Crippen molar-refractivity contribution in [2.45, 2.75) is 0 Å². The molecule has 0 unspecified atom stereocenters. The van der Waals surface area contributed by atoms with Crippen LogP contribution in [0.3, 0.4) is 0 Å². The van der Waals surface area contributed by atoms with Crippen molar-refractivity contribution in [3.63, 3.8) is 0 Å². The fourth-order valence-electron chi connectivity index (χ4n) is 1.98. The van der Waals surface area contributed by atoms with E-state index < -0.39 is 0 Å². The van der Waals surface area contributed by atoms with Gasteiger partial charge in [-0.05, 0) is 18.2 Å². The summed E-state index contributed by atoms with van der Waals surface area (Å²) in [7, 11) is 0. The Kier molecular flexibility index (Phi) is 3.31. The summed E-state index contributed by atoms with van der Waals surface area (Å²) in [4.78, 5) is 12.6. The van der Waals surface area contributed by atoms with Crippen LogP contribution in [0.5, 0.6) is 0 Å². The van der Waals surface area contributed by atoms with Crippen LogP contribution in [-0.4, -0.2) is 20.5 Å². The van der Waals surface area contributed by atoms with E-state index in [0.717, 1.165) is 0 Å². The Labute approximate surface area is 120 Å². The third-order valence-electron chi connectivity index (χ3n) is 2.94. The summed E-state index contributed by atoms with van der Waals surface area (Å²) in [6, 6.07) is 14.3. The number of aromatic nitrogens is 3. The van der Waals surface area contributed by atoms with E-state index in [1.54, 1.807) is 34.9 Å². The van der Waals surface area contributed by atoms with Crippen molar-refractivity contribution in [3.8, 4) is 5.69 Å². The normalized spacial score (nSPS) is 10.4. The predicted molar refractivity (Wildman–Crippen MR) is 76.2 cm³/mol. The highest BCUT2D eigenvalue weighted by Crippen LogP contribution is 2.22. The molecule has 0 atom stereocenters. The van der Waals surface area contributed by atoms with E-state index in [9.17, 15) is 4.79 Å². The summed E-state index contributed by atoms with van der Waals surface area (Å²) in [5.41, 5.74) is 1.85. The molecule has 4 nitrogen and oxygen atoms in total. The van der Waals surface area contributed by atoms with Gasteiger partial charge in [-0.15, -0.1) is 10.2 Å². The topological polar surface area (TPSA) is 47.8 Å². The summed E-state index contributed by atoms with van der Waals surface area (Å²) in [6.07, 6.45) is 3.07. The van der Waals surface area contributed by atoms with Crippen molar-refractivity contribution in [3.05, 3.63) is 77.3 Å². The maximum atomic E-state index is 12.6. The molecular formula is C15H10ClN3O. The number of benzene rings is 2. The molecule has 1 aromatic heterocycles. The Morgan fingerprint density at radius 3 is 2.40 bits per heavy atom. The Morgan fingerprint density at radius 2 is 1.70 bits per heavy atom. The predicted octanol–water partition coefficient (Wildman–Crippen LogP) is 3.15. The summed E-state index contributed by atoms with van der Waals surface area (Å²) in [5, 5.41) is 8.07. The number of nitrogens with zero attached hydrogens (tertiary/aromatic N) is 3. The van der Waals surface area contributed by atoms with Gasteiger partial charge in [-0.3, -0.25) is 9.36 Å². The fraction of sp³-hybridized carbons (Fsp3) is 0. The van der Waals surface area contributed by atoms with E-state index >= 15 is 0 Å². The van der Waals surface area contributed by atoms with Crippen LogP contribution in [0, 0.1) is 0 Å². The van der Waals surface area contributed by atoms with Gasteiger partial charge in [0.25, 0.3) is 0 Å². The van der Waals surface area contributed by atoms with Gasteiger partial charge >= 0.3 is 0 Å². The average molecular weight is 284 g/mol. The molecule has 0 radical (unpaired) electrons. The number of rotatable bonds is 3. The Balaban J connectivity index is 2.13. The molecule has 0 aliphatic carbocycles. The zero-order chi connectivity index (χ0) is 13.9. The van der Waals surface area contributed by atoms with E-state index in [2.05, 4.69) is 10.2 Å². The van der Waals surface area contributed by atoms with Crippen LogP contribution in [0.25, 0.3) is 5.69 Å². The average Bonchev–Trinajstić information content (AvgIpc) is 3.01. The first-order valence-corrected chi connectivity index (χ1v) is 6.38. The first-order valence-electron chi connectivity index (χ1n) is 6.00. The van der Waals surface area contributed by atoms with Gasteiger partial charge in [0.2, 0.25) is 0 Å². The lowest BCUT2D eigenvalue weighted by atomic mass is 10.0. The summed E-state index contributed by atoms with van der Waals surface area (Å²) in [6.45, 7) is 0. The standard InChI is InChI=1S/C15H10ClN3O/c16-12-6-7-13(14(8-12)19-9-17-18-10-19)15(20)11-4-2-1-3-5-11/h1-10H. The van der Waals surface area contributed by atoms with Crippen LogP contribution < -0.4 is 0 Å². The van der Waals surface area contributed by atoms with Gasteiger partial charge in [-0.2, -0.15) is 0 Å². The number of halogens is 1. The first kappa shape index (κ1) is 12.6. The molecule has 1 heterocycles. The highest BCUT2D eigenvalue weighted by atomic mass is 35.5. The molecule has 3 rings (SSSR count). The van der Waals surface area contributed by atoms with Gasteiger partial charge in [0, 0.05) is 16.1 Å². The maximum absolute atomic E-state index is 12.6. The van der Waals surface area contributed by atoms with Gasteiger partial charge in [-0.25, -0.2) is 0 Å². The molecule has 98 valence electrons. The quantitative estimate of drug-likeness (QED) is 0.694. The van der Waals surface area contributed by atoms with Crippen molar-refractivity contribution in [2.75, 3.05) is 0 Å². The molecular weight excluding hydrogens is 274 g/mol. The van der Waals surface area contributed by atoms with E-state index in [1.807, 2.05) is 18.2 Å². The fourth-order valence-corrected chi connectivity index (χ4v) is 2.15. The van der Waals surface area contributed by atoms with E-state index in [1.165, 1.54) is 12.7 Å². The van der Waals surface area contributed by atoms with Crippen LogP contribution in [0.2, 0.25) is 5.02 Å². The molecule has 2 aromatic carbocycles. The minimum absolute atomic E-state index is 0.0639. The molecule has 20 heavy (non-hydrogen) atoms. The van der Waals surface area contributed by atoms with Crippen molar-refractivity contribution in [1.82, 2.24) is 14.8 Å². The molecule has 0 aliphatic heterocycles. The Hall–Kier alpha value is -2.46. The second kappa shape index (κ2) is 5.27. The lowest BCUT2D eigenvalue weighted by Gasteiger charge is -2.09. The van der Waals surface area contributed by atoms with Gasteiger partial charge in [0.1, 0.15) is 12.7 Å². The smallest absolute Gasteiger partial charge is 0.195 e. The zero-order valence-corrected chi connectivity index (χ0v) is 11.2.